The van der Waals surface area contributed by atoms with Crippen molar-refractivity contribution in [3.63, 3.8) is 0 Å². The Morgan fingerprint density at radius 1 is 1.10 bits per heavy atom. The first-order chi connectivity index (χ1) is 10.0. The van der Waals surface area contributed by atoms with Gasteiger partial charge in [0.2, 0.25) is 11.8 Å². The SMILES string of the molecule is CCNC(=O)Cc1ccc(NC(=O)COCC(=O)O)cc1. The maximum absolute atomic E-state index is 11.4. The number of aliphatic carboxylic acids is 1. The van der Waals surface area contributed by atoms with E-state index in [4.69, 9.17) is 5.11 Å². The van der Waals surface area contributed by atoms with E-state index in [9.17, 15) is 14.4 Å². The molecule has 1 rings (SSSR count). The maximum Gasteiger partial charge on any atom is 0.329 e. The predicted molar refractivity (Wildman–Crippen MR) is 75.9 cm³/mol. The van der Waals surface area contributed by atoms with Crippen molar-refractivity contribution in [3.8, 4) is 0 Å². The van der Waals surface area contributed by atoms with Gasteiger partial charge >= 0.3 is 5.97 Å². The molecule has 7 heteroatoms. The van der Waals surface area contributed by atoms with Crippen LogP contribution in [0, 0.1) is 0 Å². The first-order valence-corrected chi connectivity index (χ1v) is 6.46. The Labute approximate surface area is 122 Å². The Balaban J connectivity index is 2.41. The smallest absolute Gasteiger partial charge is 0.329 e. The summed E-state index contributed by atoms with van der Waals surface area (Å²) in [6, 6.07) is 6.82. The molecule has 2 amide bonds. The van der Waals surface area contributed by atoms with Crippen LogP contribution in [0.4, 0.5) is 5.69 Å². The van der Waals surface area contributed by atoms with Crippen molar-refractivity contribution in [3.05, 3.63) is 29.8 Å². The first-order valence-electron chi connectivity index (χ1n) is 6.46. The number of amides is 2. The highest BCUT2D eigenvalue weighted by Crippen LogP contribution is 2.10. The van der Waals surface area contributed by atoms with Crippen LogP contribution >= 0.6 is 0 Å². The second kappa shape index (κ2) is 8.70. The molecule has 0 unspecified atom stereocenters. The molecular formula is C14H18N2O5. The minimum Gasteiger partial charge on any atom is -0.480 e. The van der Waals surface area contributed by atoms with Gasteiger partial charge in [0.1, 0.15) is 13.2 Å². The molecule has 7 nitrogen and oxygen atoms in total. The molecule has 0 aliphatic heterocycles. The third-order valence-electron chi connectivity index (χ3n) is 2.44. The van der Waals surface area contributed by atoms with Gasteiger partial charge in [0.25, 0.3) is 0 Å². The number of benzene rings is 1. The minimum absolute atomic E-state index is 0.0589. The molecule has 0 saturated carbocycles. The van der Waals surface area contributed by atoms with E-state index in [1.54, 1.807) is 24.3 Å². The van der Waals surface area contributed by atoms with Crippen LogP contribution in [-0.2, 0) is 25.5 Å². The van der Waals surface area contributed by atoms with Gasteiger partial charge in [-0.15, -0.1) is 0 Å². The van der Waals surface area contributed by atoms with Gasteiger partial charge in [-0.1, -0.05) is 12.1 Å². The van der Waals surface area contributed by atoms with Crippen molar-refractivity contribution in [2.24, 2.45) is 0 Å². The van der Waals surface area contributed by atoms with E-state index >= 15 is 0 Å². The second-order valence-corrected chi connectivity index (χ2v) is 4.26. The molecule has 0 aliphatic rings. The summed E-state index contributed by atoms with van der Waals surface area (Å²) in [5.41, 5.74) is 1.39. The molecule has 3 N–H and O–H groups in total. The van der Waals surface area contributed by atoms with E-state index in [1.165, 1.54) is 0 Å². The van der Waals surface area contributed by atoms with Gasteiger partial charge in [0.15, 0.2) is 0 Å². The highest BCUT2D eigenvalue weighted by atomic mass is 16.5. The van der Waals surface area contributed by atoms with Crippen molar-refractivity contribution >= 4 is 23.5 Å². The molecule has 0 radical (unpaired) electrons. The summed E-state index contributed by atoms with van der Waals surface area (Å²) >= 11 is 0. The van der Waals surface area contributed by atoms with Crippen molar-refractivity contribution in [1.29, 1.82) is 0 Å². The van der Waals surface area contributed by atoms with Gasteiger partial charge in [-0.05, 0) is 24.6 Å². The van der Waals surface area contributed by atoms with Crippen LogP contribution in [0.3, 0.4) is 0 Å². The van der Waals surface area contributed by atoms with Crippen LogP contribution in [0.25, 0.3) is 0 Å². The van der Waals surface area contributed by atoms with E-state index < -0.39 is 18.5 Å². The fourth-order valence-electron chi connectivity index (χ4n) is 1.58. The van der Waals surface area contributed by atoms with Crippen LogP contribution < -0.4 is 10.6 Å². The summed E-state index contributed by atoms with van der Waals surface area (Å²) in [4.78, 5) is 33.1. The van der Waals surface area contributed by atoms with E-state index in [0.717, 1.165) is 5.56 Å². The number of carboxylic acid groups (broad SMARTS) is 1. The van der Waals surface area contributed by atoms with Crippen molar-refractivity contribution in [2.75, 3.05) is 25.1 Å². The number of anilines is 1. The van der Waals surface area contributed by atoms with Crippen LogP contribution in [-0.4, -0.2) is 42.6 Å². The molecule has 0 aromatic heterocycles. The molecule has 0 aliphatic carbocycles. The van der Waals surface area contributed by atoms with Gasteiger partial charge in [0.05, 0.1) is 6.42 Å². The monoisotopic (exact) mass is 294 g/mol. The van der Waals surface area contributed by atoms with Crippen LogP contribution in [0.15, 0.2) is 24.3 Å². The lowest BCUT2D eigenvalue weighted by atomic mass is 10.1. The molecule has 0 saturated heterocycles. The number of carboxylic acids is 1. The molecule has 1 aromatic rings. The topological polar surface area (TPSA) is 105 Å². The third kappa shape index (κ3) is 7.07. The number of rotatable bonds is 8. The fourth-order valence-corrected chi connectivity index (χ4v) is 1.58. The average Bonchev–Trinajstić information content (AvgIpc) is 2.41. The number of likely N-dealkylation sites (N-methyl/N-ethyl adjacent to an activating group) is 1. The highest BCUT2D eigenvalue weighted by molar-refractivity contribution is 5.91. The Morgan fingerprint density at radius 2 is 1.76 bits per heavy atom. The summed E-state index contributed by atoms with van der Waals surface area (Å²) in [5, 5.41) is 13.6. The number of carbonyl (C=O) groups excluding carboxylic acids is 2. The first kappa shape index (κ1) is 16.6. The molecule has 21 heavy (non-hydrogen) atoms. The number of carbonyl (C=O) groups is 3. The summed E-state index contributed by atoms with van der Waals surface area (Å²) in [7, 11) is 0. The Bertz CT molecular complexity index is 499. The Kier molecular flexibility index (Phi) is 6.90. The van der Waals surface area contributed by atoms with Gasteiger partial charge < -0.3 is 20.5 Å². The Morgan fingerprint density at radius 3 is 2.33 bits per heavy atom. The average molecular weight is 294 g/mol. The fraction of sp³-hybridized carbons (Fsp3) is 0.357. The lowest BCUT2D eigenvalue weighted by Gasteiger charge is -2.07. The quantitative estimate of drug-likeness (QED) is 0.644. The van der Waals surface area contributed by atoms with Gasteiger partial charge in [0, 0.05) is 12.2 Å². The number of nitrogens with one attached hydrogen (secondary N) is 2. The molecule has 114 valence electrons. The molecular weight excluding hydrogens is 276 g/mol. The van der Waals surface area contributed by atoms with Gasteiger partial charge in [-0.25, -0.2) is 4.79 Å². The van der Waals surface area contributed by atoms with Crippen LogP contribution in [0.5, 0.6) is 0 Å². The van der Waals surface area contributed by atoms with E-state index in [-0.39, 0.29) is 18.9 Å². The Hall–Kier alpha value is -2.41. The summed E-state index contributed by atoms with van der Waals surface area (Å²) in [6.45, 7) is 1.60. The largest absolute Gasteiger partial charge is 0.480 e. The maximum atomic E-state index is 11.4. The van der Waals surface area contributed by atoms with Crippen LogP contribution in [0.1, 0.15) is 12.5 Å². The minimum atomic E-state index is -1.13. The second-order valence-electron chi connectivity index (χ2n) is 4.26. The third-order valence-corrected chi connectivity index (χ3v) is 2.44. The summed E-state index contributed by atoms with van der Waals surface area (Å²) in [5.74, 6) is -1.62. The molecule has 0 spiro atoms. The highest BCUT2D eigenvalue weighted by Gasteiger charge is 2.06. The van der Waals surface area contributed by atoms with Crippen LogP contribution in [0.2, 0.25) is 0 Å². The predicted octanol–water partition coefficient (Wildman–Crippen LogP) is 0.405. The number of ether oxygens (including phenoxy) is 1. The normalized spacial score (nSPS) is 9.95. The number of hydrogen-bond donors (Lipinski definition) is 3. The van der Waals surface area contributed by atoms with Crippen molar-refractivity contribution in [1.82, 2.24) is 5.32 Å². The molecule has 1 aromatic carbocycles. The van der Waals surface area contributed by atoms with Gasteiger partial charge in [-0.2, -0.15) is 0 Å². The lowest BCUT2D eigenvalue weighted by Crippen LogP contribution is -2.24. The zero-order valence-electron chi connectivity index (χ0n) is 11.7. The van der Waals surface area contributed by atoms with E-state index in [2.05, 4.69) is 15.4 Å². The van der Waals surface area contributed by atoms with Gasteiger partial charge in [-0.3, -0.25) is 9.59 Å². The summed E-state index contributed by atoms with van der Waals surface area (Å²) < 4.78 is 4.67. The van der Waals surface area contributed by atoms with Crippen molar-refractivity contribution < 1.29 is 24.2 Å². The van der Waals surface area contributed by atoms with Crippen molar-refractivity contribution in [2.45, 2.75) is 13.3 Å². The standard InChI is InChI=1S/C14H18N2O5/c1-2-15-12(17)7-10-3-5-11(6-4-10)16-13(18)8-21-9-14(19)20/h3-6H,2,7-9H2,1H3,(H,15,17)(H,16,18)(H,19,20). The summed E-state index contributed by atoms with van der Waals surface area (Å²) in [6.07, 6.45) is 0.282. The lowest BCUT2D eigenvalue weighted by molar-refractivity contribution is -0.143. The molecule has 0 atom stereocenters. The molecule has 0 bridgehead atoms. The van der Waals surface area contributed by atoms with E-state index in [0.29, 0.717) is 12.2 Å². The zero-order chi connectivity index (χ0) is 15.7. The number of hydrogen-bond acceptors (Lipinski definition) is 4. The molecule has 0 fully saturated rings. The molecule has 0 heterocycles. The van der Waals surface area contributed by atoms with E-state index in [1.807, 2.05) is 6.92 Å². The zero-order valence-corrected chi connectivity index (χ0v) is 11.7.